The Morgan fingerprint density at radius 1 is 1.10 bits per heavy atom. The molecular weight excluding hydrogens is 651 g/mol. The van der Waals surface area contributed by atoms with Crippen LogP contribution in [-0.4, -0.2) is 86.8 Å². The molecule has 0 saturated heterocycles. The van der Waals surface area contributed by atoms with E-state index in [4.69, 9.17) is 19.9 Å². The average molecular weight is 691 g/mol. The lowest BCUT2D eigenvalue weighted by atomic mass is 9.45. The summed E-state index contributed by atoms with van der Waals surface area (Å²) in [6.07, 6.45) is -0.409. The largest absolute Gasteiger partial charge is 0.508 e. The van der Waals surface area contributed by atoms with Gasteiger partial charge < -0.3 is 40.1 Å². The second-order valence-corrected chi connectivity index (χ2v) is 13.6. The first-order valence-corrected chi connectivity index (χ1v) is 15.8. The number of nitrogens with two attached hydrogens (primary N) is 1. The number of aliphatic hydroxyl groups excluding tert-OH is 2. The number of allylic oxidation sites excluding steroid dienone is 4. The lowest BCUT2D eigenvalue weighted by Crippen LogP contribution is -2.69. The van der Waals surface area contributed by atoms with Crippen molar-refractivity contribution in [1.82, 2.24) is 0 Å². The number of carbonyl (C=O) groups is 4. The summed E-state index contributed by atoms with van der Waals surface area (Å²) in [5.74, 6) is -4.10. The highest BCUT2D eigenvalue weighted by Crippen LogP contribution is 2.69. The zero-order valence-electron chi connectivity index (χ0n) is 26.9. The molecule has 1 unspecified atom stereocenters. The van der Waals surface area contributed by atoms with Crippen molar-refractivity contribution >= 4 is 23.7 Å². The Bertz CT molecular complexity index is 1600. The lowest BCUT2D eigenvalue weighted by Gasteiger charge is -2.61. The number of aliphatic hydroxyl groups is 3. The van der Waals surface area contributed by atoms with Crippen LogP contribution in [0.25, 0.3) is 0 Å². The van der Waals surface area contributed by atoms with Crippen LogP contribution < -0.4 is 5.73 Å². The number of halogens is 1. The zero-order chi connectivity index (χ0) is 35.9. The van der Waals surface area contributed by atoms with Crippen molar-refractivity contribution in [2.24, 2.45) is 28.4 Å². The van der Waals surface area contributed by atoms with Gasteiger partial charge in [0.2, 0.25) is 5.78 Å². The summed E-state index contributed by atoms with van der Waals surface area (Å²) < 4.78 is 32.1. The number of fused-ring (bicyclic) bond motifs is 5. The molecule has 0 amide bonds. The number of nitrogens with zero attached hydrogens (tertiary/aromatic N) is 1. The van der Waals surface area contributed by atoms with E-state index in [-0.39, 0.29) is 38.3 Å². The molecule has 49 heavy (non-hydrogen) atoms. The van der Waals surface area contributed by atoms with Gasteiger partial charge in [-0.2, -0.15) is 0 Å². The van der Waals surface area contributed by atoms with Crippen molar-refractivity contribution in [2.45, 2.75) is 82.3 Å². The molecule has 1 aromatic rings. The standard InChI is InChI=1S/C33H39FN2O13/c1-30-9-8-21(37)11-20(30)6-7-22-23-12-25(38)33(43,31(23,2)13-26(39)32(22,30)34)27(40)17-46-28(41)24(35)16-48-29(42)47-14-18-4-3-5-19(10-18)15-49-36(44)45/h3-6,8-10,22-26,38-39,43H,7,11-17,35H2,1-2H3/t22-,23-,24?,25+,26-,30-,31-,32-,33-/m0/s1. The maximum absolute atomic E-state index is 17.3. The third-order valence-electron chi connectivity index (χ3n) is 11.0. The Morgan fingerprint density at radius 2 is 1.80 bits per heavy atom. The predicted molar refractivity (Wildman–Crippen MR) is 163 cm³/mol. The summed E-state index contributed by atoms with van der Waals surface area (Å²) in [7, 11) is 0. The van der Waals surface area contributed by atoms with Gasteiger partial charge in [-0.3, -0.25) is 14.4 Å². The minimum atomic E-state index is -2.51. The van der Waals surface area contributed by atoms with Gasteiger partial charge in [0, 0.05) is 23.2 Å². The third kappa shape index (κ3) is 6.11. The predicted octanol–water partition coefficient (Wildman–Crippen LogP) is 1.56. The van der Waals surface area contributed by atoms with E-state index in [1.54, 1.807) is 31.2 Å². The molecule has 5 rings (SSSR count). The number of hydrogen-bond acceptors (Lipinski definition) is 14. The first kappa shape index (κ1) is 36.0. The van der Waals surface area contributed by atoms with Crippen LogP contribution >= 0.6 is 0 Å². The Morgan fingerprint density at radius 3 is 2.49 bits per heavy atom. The molecule has 0 aromatic heterocycles. The number of Topliss-reactive ketones (excluding diaryl/α,β-unsaturated/α-hetero) is 1. The first-order chi connectivity index (χ1) is 23.0. The molecule has 2 saturated carbocycles. The molecule has 9 atom stereocenters. The molecule has 266 valence electrons. The second-order valence-electron chi connectivity index (χ2n) is 13.6. The number of benzene rings is 1. The Hall–Kier alpha value is -4.25. The van der Waals surface area contributed by atoms with Crippen molar-refractivity contribution in [3.8, 4) is 0 Å². The number of rotatable bonds is 11. The molecule has 2 fully saturated rings. The molecule has 4 aliphatic rings. The number of hydrogen-bond donors (Lipinski definition) is 4. The van der Waals surface area contributed by atoms with Crippen LogP contribution in [0, 0.1) is 32.8 Å². The maximum atomic E-state index is 17.3. The minimum Gasteiger partial charge on any atom is -0.456 e. The van der Waals surface area contributed by atoms with Crippen molar-refractivity contribution in [3.63, 3.8) is 0 Å². The Labute approximate surface area is 279 Å². The van der Waals surface area contributed by atoms with Crippen molar-refractivity contribution < 1.29 is 63.0 Å². The molecule has 4 aliphatic carbocycles. The molecule has 0 bridgehead atoms. The van der Waals surface area contributed by atoms with E-state index in [0.29, 0.717) is 16.7 Å². The van der Waals surface area contributed by atoms with E-state index in [1.165, 1.54) is 25.1 Å². The highest BCUT2D eigenvalue weighted by atomic mass is 19.1. The van der Waals surface area contributed by atoms with Crippen LogP contribution in [-0.2, 0) is 46.6 Å². The summed E-state index contributed by atoms with van der Waals surface area (Å²) in [6, 6.07) is 4.68. The van der Waals surface area contributed by atoms with E-state index >= 15 is 4.39 Å². The molecule has 1 aromatic carbocycles. The van der Waals surface area contributed by atoms with E-state index in [0.717, 1.165) is 0 Å². The van der Waals surface area contributed by atoms with Crippen molar-refractivity contribution in [2.75, 3.05) is 13.2 Å². The fourth-order valence-electron chi connectivity index (χ4n) is 8.34. The number of ether oxygens (including phenoxy) is 3. The van der Waals surface area contributed by atoms with Crippen LogP contribution in [0.1, 0.15) is 50.7 Å². The molecule has 16 heteroatoms. The van der Waals surface area contributed by atoms with Crippen LogP contribution in [0.4, 0.5) is 9.18 Å². The lowest BCUT2D eigenvalue weighted by molar-refractivity contribution is -0.763. The SMILES string of the molecule is C[C@]12C=CC(=O)CC1=CC[C@H]1[C@@H]3C[C@@H](O)[C@](O)(C(=O)COC(=O)C(N)COC(=O)OCc4cccc(CO[N+](=O)[O-])c4)[C@@]3(C)C[C@H](O)[C@@]12F. The van der Waals surface area contributed by atoms with E-state index in [2.05, 4.69) is 4.84 Å². The molecule has 0 spiro atoms. The van der Waals surface area contributed by atoms with Crippen molar-refractivity contribution in [1.29, 1.82) is 0 Å². The maximum Gasteiger partial charge on any atom is 0.508 e. The van der Waals surface area contributed by atoms with Gasteiger partial charge in [-0.1, -0.05) is 48.9 Å². The minimum absolute atomic E-state index is 0.0187. The van der Waals surface area contributed by atoms with E-state index in [9.17, 15) is 44.6 Å². The summed E-state index contributed by atoms with van der Waals surface area (Å²) in [5.41, 5.74) is -0.343. The zero-order valence-corrected chi connectivity index (χ0v) is 26.9. The highest BCUT2D eigenvalue weighted by molar-refractivity contribution is 5.94. The van der Waals surface area contributed by atoms with Gasteiger partial charge in [0.15, 0.2) is 23.7 Å². The molecule has 0 radical (unpaired) electrons. The molecule has 0 aliphatic heterocycles. The first-order valence-electron chi connectivity index (χ1n) is 15.8. The van der Waals surface area contributed by atoms with Crippen LogP contribution in [0.3, 0.4) is 0 Å². The molecule has 0 heterocycles. The topological polar surface area (TPSA) is 235 Å². The van der Waals surface area contributed by atoms with Crippen LogP contribution in [0.15, 0.2) is 48.1 Å². The summed E-state index contributed by atoms with van der Waals surface area (Å²) >= 11 is 0. The monoisotopic (exact) mass is 690 g/mol. The number of carbonyl (C=O) groups excluding carboxylic acids is 4. The van der Waals surface area contributed by atoms with Gasteiger partial charge in [-0.05, 0) is 49.3 Å². The Kier molecular flexibility index (Phi) is 9.73. The molecular formula is C33H39FN2O13. The fraction of sp³-hybridized carbons (Fsp3) is 0.576. The normalized spacial score (nSPS) is 35.2. The van der Waals surface area contributed by atoms with Crippen LogP contribution in [0.2, 0.25) is 0 Å². The van der Waals surface area contributed by atoms with Gasteiger partial charge in [-0.15, -0.1) is 10.1 Å². The molecule has 5 N–H and O–H groups in total. The van der Waals surface area contributed by atoms with Crippen molar-refractivity contribution in [3.05, 3.63) is 69.3 Å². The number of esters is 1. The smallest absolute Gasteiger partial charge is 0.456 e. The van der Waals surface area contributed by atoms with E-state index < -0.39 is 94.8 Å². The fourth-order valence-corrected chi connectivity index (χ4v) is 8.34. The highest BCUT2D eigenvalue weighted by Gasteiger charge is 2.76. The average Bonchev–Trinajstić information content (AvgIpc) is 3.26. The number of alkyl halides is 1. The van der Waals surface area contributed by atoms with Gasteiger partial charge in [-0.25, -0.2) is 9.18 Å². The van der Waals surface area contributed by atoms with Crippen LogP contribution in [0.5, 0.6) is 0 Å². The summed E-state index contributed by atoms with van der Waals surface area (Å²) in [4.78, 5) is 64.9. The van der Waals surface area contributed by atoms with E-state index in [1.807, 2.05) is 0 Å². The van der Waals surface area contributed by atoms with Gasteiger partial charge >= 0.3 is 12.1 Å². The van der Waals surface area contributed by atoms with Gasteiger partial charge in [0.1, 0.15) is 25.9 Å². The Balaban J connectivity index is 1.17. The van der Waals surface area contributed by atoms with Gasteiger partial charge in [0.25, 0.3) is 5.09 Å². The summed E-state index contributed by atoms with van der Waals surface area (Å²) in [5, 5.41) is 43.7. The van der Waals surface area contributed by atoms with Gasteiger partial charge in [0.05, 0.1) is 12.2 Å². The quantitative estimate of drug-likeness (QED) is 0.112. The third-order valence-corrected chi connectivity index (χ3v) is 11.0. The second kappa shape index (κ2) is 13.2. The molecule has 15 nitrogen and oxygen atoms in total. The number of ketones is 2. The summed E-state index contributed by atoms with van der Waals surface area (Å²) in [6.45, 7) is 0.828.